The Hall–Kier alpha value is -1.76. The van der Waals surface area contributed by atoms with Gasteiger partial charge in [-0.3, -0.25) is 0 Å². The van der Waals surface area contributed by atoms with Crippen molar-refractivity contribution in [1.29, 1.82) is 0 Å². The van der Waals surface area contributed by atoms with E-state index in [1.807, 2.05) is 0 Å². The molecule has 21 heavy (non-hydrogen) atoms. The van der Waals surface area contributed by atoms with Crippen LogP contribution >= 0.6 is 0 Å². The van der Waals surface area contributed by atoms with Crippen LogP contribution in [0.5, 0.6) is 0 Å². The summed E-state index contributed by atoms with van der Waals surface area (Å²) in [5.41, 5.74) is 3.95. The molecule has 0 radical (unpaired) electrons. The van der Waals surface area contributed by atoms with Crippen LogP contribution in [0.3, 0.4) is 0 Å². The molecule has 0 fully saturated rings. The van der Waals surface area contributed by atoms with Crippen molar-refractivity contribution in [3.05, 3.63) is 65.7 Å². The van der Waals surface area contributed by atoms with Crippen molar-refractivity contribution in [2.24, 2.45) is 5.92 Å². The molecule has 112 valence electrons. The second-order valence-corrected chi connectivity index (χ2v) is 6.51. The van der Waals surface area contributed by atoms with Crippen LogP contribution in [0.4, 0.5) is 5.69 Å². The third kappa shape index (κ3) is 4.63. The summed E-state index contributed by atoms with van der Waals surface area (Å²) in [6.07, 6.45) is 1.13. The molecule has 0 amide bonds. The number of anilines is 1. The molecule has 1 unspecified atom stereocenters. The zero-order valence-electron chi connectivity index (χ0n) is 13.6. The second-order valence-electron chi connectivity index (χ2n) is 6.51. The molecular formula is C20H27N. The molecule has 0 aliphatic carbocycles. The summed E-state index contributed by atoms with van der Waals surface area (Å²) in [4.78, 5) is 0. The summed E-state index contributed by atoms with van der Waals surface area (Å²) in [6, 6.07) is 20.0. The predicted molar refractivity (Wildman–Crippen MR) is 92.8 cm³/mol. The van der Waals surface area contributed by atoms with E-state index in [4.69, 9.17) is 0 Å². The van der Waals surface area contributed by atoms with Gasteiger partial charge in [0.1, 0.15) is 0 Å². The van der Waals surface area contributed by atoms with Crippen molar-refractivity contribution in [3.63, 3.8) is 0 Å². The predicted octanol–water partition coefficient (Wildman–Crippen LogP) is 6.01. The van der Waals surface area contributed by atoms with Crippen molar-refractivity contribution in [2.75, 3.05) is 5.32 Å². The summed E-state index contributed by atoms with van der Waals surface area (Å²) in [5, 5.41) is 3.69. The summed E-state index contributed by atoms with van der Waals surface area (Å²) < 4.78 is 0. The standard InChI is InChI=1S/C20H27N/c1-15(2)14-20(18-8-6-5-7-9-18)21-19-12-10-17(11-13-19)16(3)4/h5-13,15-16,20-21H,14H2,1-4H3. The molecule has 0 heterocycles. The van der Waals surface area contributed by atoms with Gasteiger partial charge >= 0.3 is 0 Å². The maximum atomic E-state index is 3.69. The number of hydrogen-bond acceptors (Lipinski definition) is 1. The molecule has 0 saturated carbocycles. The Labute approximate surface area is 129 Å². The molecule has 1 heteroatoms. The molecule has 0 aromatic heterocycles. The number of hydrogen-bond donors (Lipinski definition) is 1. The largest absolute Gasteiger partial charge is 0.378 e. The minimum absolute atomic E-state index is 0.371. The maximum absolute atomic E-state index is 3.69. The van der Waals surface area contributed by atoms with Crippen molar-refractivity contribution in [2.45, 2.75) is 46.1 Å². The second kappa shape index (κ2) is 7.31. The molecule has 2 aromatic rings. The zero-order chi connectivity index (χ0) is 15.2. The van der Waals surface area contributed by atoms with Gasteiger partial charge in [0.2, 0.25) is 0 Å². The van der Waals surface area contributed by atoms with Gasteiger partial charge in [-0.25, -0.2) is 0 Å². The first-order chi connectivity index (χ1) is 10.1. The van der Waals surface area contributed by atoms with Crippen molar-refractivity contribution in [3.8, 4) is 0 Å². The highest BCUT2D eigenvalue weighted by Crippen LogP contribution is 2.26. The average Bonchev–Trinajstić information content (AvgIpc) is 2.47. The summed E-state index contributed by atoms with van der Waals surface area (Å²) in [6.45, 7) is 9.01. The van der Waals surface area contributed by atoms with Crippen LogP contribution in [0.25, 0.3) is 0 Å². The Morgan fingerprint density at radius 3 is 1.90 bits per heavy atom. The minimum atomic E-state index is 0.371. The topological polar surface area (TPSA) is 12.0 Å². The van der Waals surface area contributed by atoms with Gasteiger partial charge in [-0.2, -0.15) is 0 Å². The highest BCUT2D eigenvalue weighted by molar-refractivity contribution is 5.47. The SMILES string of the molecule is CC(C)CC(Nc1ccc(C(C)C)cc1)c1ccccc1. The van der Waals surface area contributed by atoms with Crippen LogP contribution < -0.4 is 5.32 Å². The molecule has 0 aliphatic rings. The van der Waals surface area contributed by atoms with Crippen LogP contribution in [0.2, 0.25) is 0 Å². The Bertz CT molecular complexity index is 526. The quantitative estimate of drug-likeness (QED) is 0.683. The van der Waals surface area contributed by atoms with Crippen LogP contribution in [0.1, 0.15) is 57.2 Å². The van der Waals surface area contributed by atoms with E-state index in [1.54, 1.807) is 0 Å². The normalized spacial score (nSPS) is 12.7. The smallest absolute Gasteiger partial charge is 0.0516 e. The van der Waals surface area contributed by atoms with Crippen LogP contribution in [-0.2, 0) is 0 Å². The van der Waals surface area contributed by atoms with E-state index in [0.717, 1.165) is 6.42 Å². The lowest BCUT2D eigenvalue weighted by molar-refractivity contribution is 0.531. The van der Waals surface area contributed by atoms with E-state index < -0.39 is 0 Å². The molecule has 0 bridgehead atoms. The van der Waals surface area contributed by atoms with Gasteiger partial charge in [0.05, 0.1) is 6.04 Å². The third-order valence-electron chi connectivity index (χ3n) is 3.83. The number of nitrogens with one attached hydrogen (secondary N) is 1. The maximum Gasteiger partial charge on any atom is 0.0516 e. The van der Waals surface area contributed by atoms with Gasteiger partial charge in [-0.05, 0) is 41.5 Å². The third-order valence-corrected chi connectivity index (χ3v) is 3.83. The van der Waals surface area contributed by atoms with Crippen LogP contribution in [0, 0.1) is 5.92 Å². The van der Waals surface area contributed by atoms with Gasteiger partial charge in [0.25, 0.3) is 0 Å². The lowest BCUT2D eigenvalue weighted by atomic mass is 9.96. The molecule has 2 aromatic carbocycles. The van der Waals surface area contributed by atoms with E-state index in [2.05, 4.69) is 87.6 Å². The van der Waals surface area contributed by atoms with E-state index in [0.29, 0.717) is 17.9 Å². The first kappa shape index (κ1) is 15.6. The molecule has 1 N–H and O–H groups in total. The van der Waals surface area contributed by atoms with E-state index in [1.165, 1.54) is 16.8 Å². The van der Waals surface area contributed by atoms with Crippen LogP contribution in [-0.4, -0.2) is 0 Å². The fourth-order valence-electron chi connectivity index (χ4n) is 2.60. The summed E-state index contributed by atoms with van der Waals surface area (Å²) in [5.74, 6) is 1.25. The van der Waals surface area contributed by atoms with Gasteiger partial charge in [-0.1, -0.05) is 70.2 Å². The average molecular weight is 281 g/mol. The fraction of sp³-hybridized carbons (Fsp3) is 0.400. The van der Waals surface area contributed by atoms with E-state index in [-0.39, 0.29) is 0 Å². The van der Waals surface area contributed by atoms with Crippen LogP contribution in [0.15, 0.2) is 54.6 Å². The molecule has 1 atom stereocenters. The monoisotopic (exact) mass is 281 g/mol. The lowest BCUT2D eigenvalue weighted by Gasteiger charge is -2.22. The Morgan fingerprint density at radius 2 is 1.38 bits per heavy atom. The Kier molecular flexibility index (Phi) is 5.44. The summed E-state index contributed by atoms with van der Waals surface area (Å²) in [7, 11) is 0. The number of benzene rings is 2. The first-order valence-corrected chi connectivity index (χ1v) is 7.97. The van der Waals surface area contributed by atoms with E-state index in [9.17, 15) is 0 Å². The zero-order valence-corrected chi connectivity index (χ0v) is 13.6. The fourth-order valence-corrected chi connectivity index (χ4v) is 2.60. The number of rotatable bonds is 6. The highest BCUT2D eigenvalue weighted by atomic mass is 14.9. The molecular weight excluding hydrogens is 254 g/mol. The van der Waals surface area contributed by atoms with Gasteiger partial charge < -0.3 is 5.32 Å². The molecule has 0 spiro atoms. The Morgan fingerprint density at radius 1 is 0.762 bits per heavy atom. The van der Waals surface area contributed by atoms with Gasteiger partial charge in [0.15, 0.2) is 0 Å². The summed E-state index contributed by atoms with van der Waals surface area (Å²) >= 11 is 0. The first-order valence-electron chi connectivity index (χ1n) is 7.97. The van der Waals surface area contributed by atoms with E-state index >= 15 is 0 Å². The molecule has 2 rings (SSSR count). The molecule has 0 aliphatic heterocycles. The minimum Gasteiger partial charge on any atom is -0.378 e. The lowest BCUT2D eigenvalue weighted by Crippen LogP contribution is -2.13. The van der Waals surface area contributed by atoms with Crippen molar-refractivity contribution in [1.82, 2.24) is 0 Å². The highest BCUT2D eigenvalue weighted by Gasteiger charge is 2.13. The van der Waals surface area contributed by atoms with Crippen molar-refractivity contribution >= 4 is 5.69 Å². The Balaban J connectivity index is 2.15. The van der Waals surface area contributed by atoms with Gasteiger partial charge in [-0.15, -0.1) is 0 Å². The molecule has 1 nitrogen and oxygen atoms in total. The molecule has 0 saturated heterocycles. The van der Waals surface area contributed by atoms with Crippen molar-refractivity contribution < 1.29 is 0 Å². The van der Waals surface area contributed by atoms with Gasteiger partial charge in [0, 0.05) is 5.69 Å².